The van der Waals surface area contributed by atoms with E-state index in [1.807, 2.05) is 24.3 Å². The SMILES string of the molecule is CCCN1C(=S)NC(c2ccc(OCc3cc(C)ccc3C)cc2)C2=C1CCCC2=O. The summed E-state index contributed by atoms with van der Waals surface area (Å²) in [6.45, 7) is 7.72. The van der Waals surface area contributed by atoms with Gasteiger partial charge in [-0.15, -0.1) is 0 Å². The molecule has 0 amide bonds. The second-order valence-electron chi connectivity index (χ2n) is 8.46. The van der Waals surface area contributed by atoms with Crippen molar-refractivity contribution in [3.63, 3.8) is 0 Å². The molecule has 0 fully saturated rings. The summed E-state index contributed by atoms with van der Waals surface area (Å²) < 4.78 is 6.03. The Bertz CT molecular complexity index is 1030. The van der Waals surface area contributed by atoms with Gasteiger partial charge in [-0.3, -0.25) is 4.79 Å². The van der Waals surface area contributed by atoms with Crippen LogP contribution in [0.4, 0.5) is 0 Å². The third-order valence-electron chi connectivity index (χ3n) is 6.12. The van der Waals surface area contributed by atoms with Crippen molar-refractivity contribution in [3.05, 3.63) is 76.0 Å². The summed E-state index contributed by atoms with van der Waals surface area (Å²) in [6, 6.07) is 14.3. The Labute approximate surface area is 190 Å². The van der Waals surface area contributed by atoms with Gasteiger partial charge in [-0.05, 0) is 74.2 Å². The lowest BCUT2D eigenvalue weighted by Crippen LogP contribution is -2.49. The molecule has 4 nitrogen and oxygen atoms in total. The summed E-state index contributed by atoms with van der Waals surface area (Å²) in [4.78, 5) is 15.0. The number of ketones is 1. The number of allylic oxidation sites excluding steroid dienone is 1. The van der Waals surface area contributed by atoms with Gasteiger partial charge < -0.3 is 15.0 Å². The summed E-state index contributed by atoms with van der Waals surface area (Å²) in [5, 5.41) is 4.14. The Balaban J connectivity index is 1.55. The Hall–Kier alpha value is -2.66. The van der Waals surface area contributed by atoms with Crippen molar-refractivity contribution in [1.82, 2.24) is 10.2 Å². The number of thiocarbonyl (C=S) groups is 1. The summed E-state index contributed by atoms with van der Waals surface area (Å²) in [7, 11) is 0. The van der Waals surface area contributed by atoms with Gasteiger partial charge in [0.05, 0.1) is 6.04 Å². The molecule has 2 aliphatic rings. The molecule has 2 aromatic rings. The average molecular weight is 435 g/mol. The van der Waals surface area contributed by atoms with E-state index >= 15 is 0 Å². The molecule has 1 aliphatic carbocycles. The summed E-state index contributed by atoms with van der Waals surface area (Å²) >= 11 is 5.67. The van der Waals surface area contributed by atoms with Gasteiger partial charge in [0.1, 0.15) is 12.4 Å². The fraction of sp³-hybridized carbons (Fsp3) is 0.385. The van der Waals surface area contributed by atoms with Crippen LogP contribution in [0.5, 0.6) is 5.75 Å². The molecule has 5 heteroatoms. The highest BCUT2D eigenvalue weighted by atomic mass is 32.1. The van der Waals surface area contributed by atoms with E-state index in [2.05, 4.69) is 49.2 Å². The van der Waals surface area contributed by atoms with E-state index in [9.17, 15) is 4.79 Å². The maximum atomic E-state index is 12.9. The van der Waals surface area contributed by atoms with E-state index in [1.54, 1.807) is 0 Å². The molecule has 31 heavy (non-hydrogen) atoms. The van der Waals surface area contributed by atoms with Gasteiger partial charge in [0.2, 0.25) is 0 Å². The third kappa shape index (κ3) is 4.52. The Morgan fingerprint density at radius 3 is 2.65 bits per heavy atom. The highest BCUT2D eigenvalue weighted by Crippen LogP contribution is 2.37. The first kappa shape index (κ1) is 21.6. The zero-order chi connectivity index (χ0) is 22.0. The van der Waals surface area contributed by atoms with Gasteiger partial charge in [0.25, 0.3) is 0 Å². The molecular formula is C26H30N2O2S. The second kappa shape index (κ2) is 9.23. The van der Waals surface area contributed by atoms with E-state index in [-0.39, 0.29) is 11.8 Å². The first-order valence-corrected chi connectivity index (χ1v) is 11.5. The molecule has 1 atom stereocenters. The molecule has 0 spiro atoms. The van der Waals surface area contributed by atoms with Gasteiger partial charge in [-0.2, -0.15) is 0 Å². The third-order valence-corrected chi connectivity index (χ3v) is 6.45. The lowest BCUT2D eigenvalue weighted by Gasteiger charge is -2.41. The molecule has 1 aliphatic heterocycles. The Morgan fingerprint density at radius 1 is 1.13 bits per heavy atom. The lowest BCUT2D eigenvalue weighted by atomic mass is 9.85. The minimum Gasteiger partial charge on any atom is -0.489 e. The molecule has 162 valence electrons. The number of nitrogens with zero attached hydrogens (tertiary/aromatic N) is 1. The highest BCUT2D eigenvalue weighted by Gasteiger charge is 2.36. The molecule has 1 N–H and O–H groups in total. The maximum absolute atomic E-state index is 12.9. The van der Waals surface area contributed by atoms with E-state index in [0.29, 0.717) is 13.0 Å². The topological polar surface area (TPSA) is 41.6 Å². The van der Waals surface area contributed by atoms with Crippen molar-refractivity contribution >= 4 is 23.1 Å². The summed E-state index contributed by atoms with van der Waals surface area (Å²) in [5.74, 6) is 1.05. The van der Waals surface area contributed by atoms with Crippen molar-refractivity contribution in [1.29, 1.82) is 0 Å². The lowest BCUT2D eigenvalue weighted by molar-refractivity contribution is -0.116. The number of hydrogen-bond acceptors (Lipinski definition) is 3. The van der Waals surface area contributed by atoms with E-state index in [4.69, 9.17) is 17.0 Å². The Morgan fingerprint density at radius 2 is 1.90 bits per heavy atom. The van der Waals surface area contributed by atoms with Crippen LogP contribution in [0.2, 0.25) is 0 Å². The molecule has 1 heterocycles. The Kier molecular flexibility index (Phi) is 6.42. The van der Waals surface area contributed by atoms with E-state index in [0.717, 1.165) is 53.5 Å². The molecular weight excluding hydrogens is 404 g/mol. The number of benzene rings is 2. The average Bonchev–Trinajstić information content (AvgIpc) is 2.76. The maximum Gasteiger partial charge on any atom is 0.173 e. The summed E-state index contributed by atoms with van der Waals surface area (Å²) in [6.07, 6.45) is 3.42. The van der Waals surface area contributed by atoms with Crippen LogP contribution < -0.4 is 10.1 Å². The predicted octanol–water partition coefficient (Wildman–Crippen LogP) is 5.53. The van der Waals surface area contributed by atoms with Crippen LogP contribution in [0.25, 0.3) is 0 Å². The van der Waals surface area contributed by atoms with Crippen LogP contribution in [0.3, 0.4) is 0 Å². The van der Waals surface area contributed by atoms with Gasteiger partial charge in [-0.25, -0.2) is 0 Å². The molecule has 0 aromatic heterocycles. The standard InChI is InChI=1S/C26H30N2O2S/c1-4-14-28-22-6-5-7-23(29)24(22)25(27-26(28)31)19-10-12-21(13-11-19)30-16-20-15-17(2)8-9-18(20)3/h8-13,15,25H,4-7,14,16H2,1-3H3,(H,27,31). The van der Waals surface area contributed by atoms with E-state index in [1.165, 1.54) is 16.7 Å². The number of nitrogens with one attached hydrogen (secondary N) is 1. The molecule has 4 rings (SSSR count). The number of rotatable bonds is 6. The van der Waals surface area contributed by atoms with Crippen LogP contribution in [-0.4, -0.2) is 22.3 Å². The van der Waals surface area contributed by atoms with Gasteiger partial charge in [0, 0.05) is 24.2 Å². The first-order valence-electron chi connectivity index (χ1n) is 11.1. The number of carbonyl (C=O) groups is 1. The monoisotopic (exact) mass is 434 g/mol. The molecule has 0 saturated carbocycles. The number of ether oxygens (including phenoxy) is 1. The predicted molar refractivity (Wildman–Crippen MR) is 128 cm³/mol. The van der Waals surface area contributed by atoms with Crippen LogP contribution in [0.15, 0.2) is 53.7 Å². The van der Waals surface area contributed by atoms with Gasteiger partial charge in [-0.1, -0.05) is 42.8 Å². The first-order chi connectivity index (χ1) is 15.0. The molecule has 0 saturated heterocycles. The van der Waals surface area contributed by atoms with Crippen molar-refractivity contribution in [2.75, 3.05) is 6.54 Å². The normalized spacial score (nSPS) is 18.7. The molecule has 0 bridgehead atoms. The van der Waals surface area contributed by atoms with Crippen LogP contribution in [0.1, 0.15) is 60.9 Å². The molecule has 1 unspecified atom stereocenters. The van der Waals surface area contributed by atoms with Crippen molar-refractivity contribution < 1.29 is 9.53 Å². The van der Waals surface area contributed by atoms with Crippen LogP contribution >= 0.6 is 12.2 Å². The molecule has 2 aromatic carbocycles. The fourth-order valence-corrected chi connectivity index (χ4v) is 4.75. The number of Topliss-reactive ketones (excluding diaryl/α,β-unsaturated/α-hetero) is 1. The minimum absolute atomic E-state index is 0.184. The van der Waals surface area contributed by atoms with Crippen molar-refractivity contribution in [3.8, 4) is 5.75 Å². The zero-order valence-electron chi connectivity index (χ0n) is 18.5. The van der Waals surface area contributed by atoms with Crippen LogP contribution in [0, 0.1) is 13.8 Å². The van der Waals surface area contributed by atoms with E-state index < -0.39 is 0 Å². The highest BCUT2D eigenvalue weighted by molar-refractivity contribution is 7.80. The number of hydrogen-bond donors (Lipinski definition) is 1. The molecule has 0 radical (unpaired) electrons. The van der Waals surface area contributed by atoms with Gasteiger partial charge in [0.15, 0.2) is 10.9 Å². The number of aryl methyl sites for hydroxylation is 2. The second-order valence-corrected chi connectivity index (χ2v) is 8.85. The van der Waals surface area contributed by atoms with Crippen LogP contribution in [-0.2, 0) is 11.4 Å². The smallest absolute Gasteiger partial charge is 0.173 e. The summed E-state index contributed by atoms with van der Waals surface area (Å²) in [5.41, 5.74) is 6.70. The largest absolute Gasteiger partial charge is 0.489 e. The minimum atomic E-state index is -0.184. The number of carbonyl (C=O) groups excluding carboxylic acids is 1. The quantitative estimate of drug-likeness (QED) is 0.606. The zero-order valence-corrected chi connectivity index (χ0v) is 19.3. The van der Waals surface area contributed by atoms with Crippen molar-refractivity contribution in [2.24, 2.45) is 0 Å². The fourth-order valence-electron chi connectivity index (χ4n) is 4.43. The van der Waals surface area contributed by atoms with Crippen molar-refractivity contribution in [2.45, 2.75) is 59.1 Å². The van der Waals surface area contributed by atoms with Gasteiger partial charge >= 0.3 is 0 Å².